The minimum atomic E-state index is -0.571. The van der Waals surface area contributed by atoms with Crippen molar-refractivity contribution in [1.29, 1.82) is 0 Å². The molecule has 170 valence electrons. The molecule has 0 spiro atoms. The Hall–Kier alpha value is -2.43. The van der Waals surface area contributed by atoms with Gasteiger partial charge in [-0.1, -0.05) is 12.1 Å². The fraction of sp³-hybridized carbons (Fsp3) is 0.409. The summed E-state index contributed by atoms with van der Waals surface area (Å²) in [6.07, 6.45) is -0.913. The number of hydrogen-bond donors (Lipinski definition) is 2. The van der Waals surface area contributed by atoms with Crippen molar-refractivity contribution >= 4 is 46.6 Å². The first-order chi connectivity index (χ1) is 15.5. The number of cyclic esters (lactones) is 1. The lowest BCUT2D eigenvalue weighted by Gasteiger charge is -2.24. The minimum Gasteiger partial charge on any atom is -0.442 e. The standard InChI is InChI=1S/C22H24FN3O4S2/c23-17-10-14(3-4-16(17)20-12-24-7-9-32-20)26-13-15(30-22(26)29)11-25-21(28)6-5-18(27)19-2-1-8-31-19/h1-4,8,10,15,20,24H,5-7,9,11-13H2,(H,25,28)/t15-,20?/m0/s1. The van der Waals surface area contributed by atoms with Gasteiger partial charge in [0, 0.05) is 42.5 Å². The first-order valence-corrected chi connectivity index (χ1v) is 12.4. The predicted octanol–water partition coefficient (Wildman–Crippen LogP) is 3.37. The monoisotopic (exact) mass is 477 g/mol. The van der Waals surface area contributed by atoms with E-state index in [2.05, 4.69) is 10.6 Å². The average Bonchev–Trinajstić information content (AvgIpc) is 3.46. The Balaban J connectivity index is 1.27. The molecule has 2 atom stereocenters. The van der Waals surface area contributed by atoms with E-state index in [1.807, 2.05) is 5.38 Å². The van der Waals surface area contributed by atoms with Crippen LogP contribution in [0, 0.1) is 5.82 Å². The number of carbonyl (C=O) groups is 3. The van der Waals surface area contributed by atoms with Crippen LogP contribution in [0.2, 0.25) is 0 Å². The van der Waals surface area contributed by atoms with Gasteiger partial charge in [-0.05, 0) is 23.6 Å². The van der Waals surface area contributed by atoms with Crippen molar-refractivity contribution in [2.75, 3.05) is 36.8 Å². The molecule has 2 saturated heterocycles. The van der Waals surface area contributed by atoms with Crippen LogP contribution in [-0.4, -0.2) is 55.8 Å². The third-order valence-corrected chi connectivity index (χ3v) is 7.52. The molecule has 2 amide bonds. The van der Waals surface area contributed by atoms with E-state index >= 15 is 0 Å². The van der Waals surface area contributed by atoms with Gasteiger partial charge in [-0.3, -0.25) is 14.5 Å². The maximum absolute atomic E-state index is 14.7. The Bertz CT molecular complexity index is 980. The summed E-state index contributed by atoms with van der Waals surface area (Å²) in [6, 6.07) is 8.35. The zero-order valence-electron chi connectivity index (χ0n) is 17.3. The van der Waals surface area contributed by atoms with E-state index < -0.39 is 12.2 Å². The number of rotatable bonds is 8. The smallest absolute Gasteiger partial charge is 0.414 e. The second kappa shape index (κ2) is 10.5. The molecule has 0 bridgehead atoms. The number of Topliss-reactive ketones (excluding diaryl/α,β-unsaturated/α-hetero) is 1. The van der Waals surface area contributed by atoms with Crippen molar-refractivity contribution < 1.29 is 23.5 Å². The van der Waals surface area contributed by atoms with Gasteiger partial charge in [0.15, 0.2) is 5.78 Å². The Morgan fingerprint density at radius 3 is 2.88 bits per heavy atom. The zero-order chi connectivity index (χ0) is 22.5. The van der Waals surface area contributed by atoms with Crippen molar-refractivity contribution in [2.45, 2.75) is 24.2 Å². The Morgan fingerprint density at radius 1 is 1.28 bits per heavy atom. The van der Waals surface area contributed by atoms with Crippen LogP contribution in [-0.2, 0) is 9.53 Å². The molecule has 2 aliphatic heterocycles. The van der Waals surface area contributed by atoms with Gasteiger partial charge in [-0.2, -0.15) is 11.8 Å². The summed E-state index contributed by atoms with van der Waals surface area (Å²) < 4.78 is 20.0. The lowest BCUT2D eigenvalue weighted by Crippen LogP contribution is -2.34. The molecule has 32 heavy (non-hydrogen) atoms. The second-order valence-corrected chi connectivity index (χ2v) is 9.85. The van der Waals surface area contributed by atoms with Crippen molar-refractivity contribution in [3.8, 4) is 0 Å². The topological polar surface area (TPSA) is 87.7 Å². The van der Waals surface area contributed by atoms with Gasteiger partial charge in [0.05, 0.1) is 23.7 Å². The molecule has 2 N–H and O–H groups in total. The SMILES string of the molecule is O=C(CCC(=O)c1cccs1)NC[C@H]1CN(c2ccc(C3CNCCS3)c(F)c2)C(=O)O1. The van der Waals surface area contributed by atoms with Crippen LogP contribution < -0.4 is 15.5 Å². The van der Waals surface area contributed by atoms with Crippen molar-refractivity contribution in [3.05, 3.63) is 52.0 Å². The first-order valence-electron chi connectivity index (χ1n) is 10.4. The van der Waals surface area contributed by atoms with E-state index in [1.165, 1.54) is 22.3 Å². The highest BCUT2D eigenvalue weighted by molar-refractivity contribution is 7.99. The molecule has 10 heteroatoms. The van der Waals surface area contributed by atoms with Crippen LogP contribution in [0.5, 0.6) is 0 Å². The summed E-state index contributed by atoms with van der Waals surface area (Å²) in [6.45, 7) is 1.99. The molecule has 0 saturated carbocycles. The van der Waals surface area contributed by atoms with Crippen LogP contribution in [0.1, 0.15) is 33.3 Å². The lowest BCUT2D eigenvalue weighted by atomic mass is 10.1. The van der Waals surface area contributed by atoms with Crippen molar-refractivity contribution in [3.63, 3.8) is 0 Å². The van der Waals surface area contributed by atoms with Crippen LogP contribution in [0.3, 0.4) is 0 Å². The molecule has 1 aromatic carbocycles. The molecule has 3 heterocycles. The quantitative estimate of drug-likeness (QED) is 0.567. The van der Waals surface area contributed by atoms with Gasteiger partial charge in [-0.15, -0.1) is 11.3 Å². The summed E-state index contributed by atoms with van der Waals surface area (Å²) in [5.74, 6) is 0.239. The molecule has 1 unspecified atom stereocenters. The van der Waals surface area contributed by atoms with E-state index in [1.54, 1.807) is 36.0 Å². The molecule has 4 rings (SSSR count). The third-order valence-electron chi connectivity index (χ3n) is 5.35. The maximum Gasteiger partial charge on any atom is 0.414 e. The summed E-state index contributed by atoms with van der Waals surface area (Å²) in [4.78, 5) is 38.3. The number of ketones is 1. The number of thioether (sulfide) groups is 1. The minimum absolute atomic E-state index is 0.0537. The maximum atomic E-state index is 14.7. The summed E-state index contributed by atoms with van der Waals surface area (Å²) in [5.41, 5.74) is 1.06. The summed E-state index contributed by atoms with van der Waals surface area (Å²) in [7, 11) is 0. The van der Waals surface area contributed by atoms with Gasteiger partial charge in [0.25, 0.3) is 0 Å². The highest BCUT2D eigenvalue weighted by Gasteiger charge is 2.33. The van der Waals surface area contributed by atoms with E-state index in [0.717, 1.165) is 12.3 Å². The lowest BCUT2D eigenvalue weighted by molar-refractivity contribution is -0.121. The molecule has 0 radical (unpaired) electrons. The fourth-order valence-electron chi connectivity index (χ4n) is 3.65. The number of halogens is 1. The molecule has 1 aromatic heterocycles. The number of anilines is 1. The summed E-state index contributed by atoms with van der Waals surface area (Å²) in [5, 5.41) is 7.84. The van der Waals surface area contributed by atoms with E-state index in [-0.39, 0.29) is 48.7 Å². The number of carbonyl (C=O) groups excluding carboxylic acids is 3. The van der Waals surface area contributed by atoms with E-state index in [9.17, 15) is 18.8 Å². The predicted molar refractivity (Wildman–Crippen MR) is 123 cm³/mol. The van der Waals surface area contributed by atoms with Gasteiger partial charge in [0.2, 0.25) is 5.91 Å². The van der Waals surface area contributed by atoms with Crippen LogP contribution in [0.25, 0.3) is 0 Å². The van der Waals surface area contributed by atoms with Crippen molar-refractivity contribution in [1.82, 2.24) is 10.6 Å². The van der Waals surface area contributed by atoms with Gasteiger partial charge < -0.3 is 15.4 Å². The molecule has 2 fully saturated rings. The highest BCUT2D eigenvalue weighted by Crippen LogP contribution is 2.34. The Labute approximate surface area is 193 Å². The number of benzene rings is 1. The average molecular weight is 478 g/mol. The van der Waals surface area contributed by atoms with E-state index in [0.29, 0.717) is 22.7 Å². The van der Waals surface area contributed by atoms with Gasteiger partial charge in [0.1, 0.15) is 11.9 Å². The number of nitrogens with zero attached hydrogens (tertiary/aromatic N) is 1. The van der Waals surface area contributed by atoms with Gasteiger partial charge >= 0.3 is 6.09 Å². The molecule has 2 aromatic rings. The number of thiophene rings is 1. The van der Waals surface area contributed by atoms with Crippen LogP contribution in [0.4, 0.5) is 14.9 Å². The third kappa shape index (κ3) is 5.48. The molecule has 0 aliphatic carbocycles. The molecular formula is C22H24FN3O4S2. The molecule has 2 aliphatic rings. The van der Waals surface area contributed by atoms with Crippen LogP contribution >= 0.6 is 23.1 Å². The molecule has 7 nitrogen and oxygen atoms in total. The Kier molecular flexibility index (Phi) is 7.44. The van der Waals surface area contributed by atoms with Crippen LogP contribution in [0.15, 0.2) is 35.7 Å². The fourth-order valence-corrected chi connectivity index (χ4v) is 5.50. The first kappa shape index (κ1) is 22.8. The van der Waals surface area contributed by atoms with Gasteiger partial charge in [-0.25, -0.2) is 9.18 Å². The zero-order valence-corrected chi connectivity index (χ0v) is 19.0. The molecular weight excluding hydrogens is 453 g/mol. The number of amides is 2. The van der Waals surface area contributed by atoms with E-state index in [4.69, 9.17) is 4.74 Å². The number of nitrogens with one attached hydrogen (secondary N) is 2. The largest absolute Gasteiger partial charge is 0.442 e. The Morgan fingerprint density at radius 2 is 2.16 bits per heavy atom. The summed E-state index contributed by atoms with van der Waals surface area (Å²) >= 11 is 3.06. The number of hydrogen-bond acceptors (Lipinski definition) is 7. The normalized spacial score (nSPS) is 20.8. The second-order valence-electron chi connectivity index (χ2n) is 7.59. The van der Waals surface area contributed by atoms with Crippen molar-refractivity contribution in [2.24, 2.45) is 0 Å². The number of ether oxygens (including phenoxy) is 1. The highest BCUT2D eigenvalue weighted by atomic mass is 32.2.